The molecule has 90 valence electrons. The highest BCUT2D eigenvalue weighted by Crippen LogP contribution is 2.24. The number of imidazole rings is 1. The van der Waals surface area contributed by atoms with E-state index in [1.807, 2.05) is 0 Å². The molecular weight excluding hydrogens is 243 g/mol. The topological polar surface area (TPSA) is 38.1 Å². The van der Waals surface area contributed by atoms with Crippen LogP contribution in [0.5, 0.6) is 0 Å². The Morgan fingerprint density at radius 3 is 2.65 bits per heavy atom. The first kappa shape index (κ1) is 12.1. The average molecular weight is 255 g/mol. The van der Waals surface area contributed by atoms with Crippen molar-refractivity contribution < 1.29 is 9.50 Å². The van der Waals surface area contributed by atoms with Gasteiger partial charge in [-0.2, -0.15) is 0 Å². The normalized spacial score (nSPS) is 12.8. The van der Waals surface area contributed by atoms with Gasteiger partial charge in [0.15, 0.2) is 0 Å². The Bertz CT molecular complexity index is 533. The van der Waals surface area contributed by atoms with E-state index < -0.39 is 6.10 Å². The van der Waals surface area contributed by atoms with E-state index in [0.29, 0.717) is 16.5 Å². The van der Waals surface area contributed by atoms with Crippen LogP contribution in [0.1, 0.15) is 23.1 Å². The van der Waals surface area contributed by atoms with Gasteiger partial charge in [-0.25, -0.2) is 9.37 Å². The Balaban J connectivity index is 2.43. The third-order valence-electron chi connectivity index (χ3n) is 2.59. The van der Waals surface area contributed by atoms with Crippen molar-refractivity contribution in [3.63, 3.8) is 0 Å². The summed E-state index contributed by atoms with van der Waals surface area (Å²) in [6, 6.07) is 4.41. The van der Waals surface area contributed by atoms with Crippen molar-refractivity contribution in [1.82, 2.24) is 9.55 Å². The van der Waals surface area contributed by atoms with Gasteiger partial charge in [-0.3, -0.25) is 0 Å². The van der Waals surface area contributed by atoms with E-state index in [-0.39, 0.29) is 5.82 Å². The monoisotopic (exact) mass is 254 g/mol. The molecule has 0 bridgehead atoms. The molecule has 5 heteroatoms. The summed E-state index contributed by atoms with van der Waals surface area (Å²) in [7, 11) is 1.69. The predicted octanol–water partition coefficient (Wildman–Crippen LogP) is 2.60. The summed E-state index contributed by atoms with van der Waals surface area (Å²) in [5.74, 6) is 0.0133. The molecule has 1 N–H and O–H groups in total. The van der Waals surface area contributed by atoms with E-state index in [9.17, 15) is 9.50 Å². The number of rotatable bonds is 2. The van der Waals surface area contributed by atoms with Gasteiger partial charge in [-0.15, -0.1) is 0 Å². The van der Waals surface area contributed by atoms with Crippen molar-refractivity contribution in [3.8, 4) is 0 Å². The molecule has 0 saturated heterocycles. The Labute approximate surface area is 103 Å². The zero-order valence-electron chi connectivity index (χ0n) is 9.48. The first-order chi connectivity index (χ1) is 7.99. The van der Waals surface area contributed by atoms with Crippen molar-refractivity contribution in [3.05, 3.63) is 52.3 Å². The fourth-order valence-corrected chi connectivity index (χ4v) is 1.86. The molecule has 0 aliphatic heterocycles. The van der Waals surface area contributed by atoms with Gasteiger partial charge in [0.1, 0.15) is 22.9 Å². The number of hydrogen-bond acceptors (Lipinski definition) is 2. The van der Waals surface area contributed by atoms with Crippen LogP contribution in [0.2, 0.25) is 5.15 Å². The van der Waals surface area contributed by atoms with Crippen LogP contribution in [0, 0.1) is 12.7 Å². The molecule has 2 aromatic rings. The van der Waals surface area contributed by atoms with Crippen LogP contribution in [0.3, 0.4) is 0 Å². The zero-order chi connectivity index (χ0) is 12.6. The first-order valence-corrected chi connectivity index (χ1v) is 5.49. The molecule has 0 radical (unpaired) electrons. The van der Waals surface area contributed by atoms with Gasteiger partial charge in [0, 0.05) is 7.05 Å². The highest BCUT2D eigenvalue weighted by atomic mass is 35.5. The van der Waals surface area contributed by atoms with E-state index in [0.717, 1.165) is 5.56 Å². The number of aliphatic hydroxyl groups excluding tert-OH is 1. The van der Waals surface area contributed by atoms with Gasteiger partial charge in [-0.1, -0.05) is 17.7 Å². The van der Waals surface area contributed by atoms with E-state index >= 15 is 0 Å². The summed E-state index contributed by atoms with van der Waals surface area (Å²) in [6.07, 6.45) is 0.466. The Kier molecular flexibility index (Phi) is 3.17. The van der Waals surface area contributed by atoms with Gasteiger partial charge in [0.2, 0.25) is 0 Å². The van der Waals surface area contributed by atoms with Gasteiger partial charge < -0.3 is 9.67 Å². The number of nitrogens with zero attached hydrogens (tertiary/aromatic N) is 2. The number of halogens is 2. The van der Waals surface area contributed by atoms with E-state index in [1.165, 1.54) is 18.3 Å². The third-order valence-corrected chi connectivity index (χ3v) is 2.94. The summed E-state index contributed by atoms with van der Waals surface area (Å²) in [6.45, 7) is 1.77. The highest BCUT2D eigenvalue weighted by Gasteiger charge is 2.17. The number of aromatic nitrogens is 2. The molecule has 0 amide bonds. The van der Waals surface area contributed by atoms with Crippen molar-refractivity contribution in [2.24, 2.45) is 7.05 Å². The van der Waals surface area contributed by atoms with Crippen molar-refractivity contribution in [1.29, 1.82) is 0 Å². The third kappa shape index (κ3) is 2.33. The SMILES string of the molecule is Cc1cc(F)cc(C(O)c2ncc(Cl)n2C)c1. The number of hydrogen-bond donors (Lipinski definition) is 1. The second-order valence-corrected chi connectivity index (χ2v) is 4.35. The van der Waals surface area contributed by atoms with Crippen molar-refractivity contribution in [2.45, 2.75) is 13.0 Å². The van der Waals surface area contributed by atoms with Crippen LogP contribution in [-0.2, 0) is 7.05 Å². The Morgan fingerprint density at radius 2 is 2.12 bits per heavy atom. The van der Waals surface area contributed by atoms with E-state index in [1.54, 1.807) is 24.6 Å². The highest BCUT2D eigenvalue weighted by molar-refractivity contribution is 6.29. The lowest BCUT2D eigenvalue weighted by atomic mass is 10.1. The van der Waals surface area contributed by atoms with Crippen LogP contribution in [-0.4, -0.2) is 14.7 Å². The number of benzene rings is 1. The van der Waals surface area contributed by atoms with Gasteiger partial charge in [0.05, 0.1) is 6.20 Å². The summed E-state index contributed by atoms with van der Waals surface area (Å²) in [5, 5.41) is 10.5. The van der Waals surface area contributed by atoms with E-state index in [4.69, 9.17) is 11.6 Å². The molecule has 3 nitrogen and oxygen atoms in total. The zero-order valence-corrected chi connectivity index (χ0v) is 10.2. The Morgan fingerprint density at radius 1 is 1.41 bits per heavy atom. The molecule has 1 aromatic heterocycles. The maximum atomic E-state index is 13.2. The van der Waals surface area contributed by atoms with E-state index in [2.05, 4.69) is 4.98 Å². The van der Waals surface area contributed by atoms with Crippen LogP contribution >= 0.6 is 11.6 Å². The molecule has 17 heavy (non-hydrogen) atoms. The quantitative estimate of drug-likeness (QED) is 0.895. The first-order valence-electron chi connectivity index (χ1n) is 5.11. The molecule has 0 saturated carbocycles. The van der Waals surface area contributed by atoms with Gasteiger partial charge >= 0.3 is 0 Å². The summed E-state index contributed by atoms with van der Waals surface area (Å²) < 4.78 is 14.8. The smallest absolute Gasteiger partial charge is 0.143 e. The second-order valence-electron chi connectivity index (χ2n) is 3.96. The molecule has 2 rings (SSSR count). The standard InChI is InChI=1S/C12H12ClFN2O/c1-7-3-8(5-9(14)4-7)11(17)12-15-6-10(13)16(12)2/h3-6,11,17H,1-2H3. The van der Waals surface area contributed by atoms with Crippen LogP contribution < -0.4 is 0 Å². The fraction of sp³-hybridized carbons (Fsp3) is 0.250. The summed E-state index contributed by atoms with van der Waals surface area (Å²) in [4.78, 5) is 4.01. The summed E-state index contributed by atoms with van der Waals surface area (Å²) >= 11 is 5.84. The molecule has 1 heterocycles. The molecular formula is C12H12ClFN2O. The maximum absolute atomic E-state index is 13.2. The number of aliphatic hydroxyl groups is 1. The lowest BCUT2D eigenvalue weighted by Gasteiger charge is -2.12. The minimum atomic E-state index is -0.984. The molecule has 1 atom stereocenters. The minimum absolute atomic E-state index is 0.376. The molecule has 1 aromatic carbocycles. The van der Waals surface area contributed by atoms with Gasteiger partial charge in [0.25, 0.3) is 0 Å². The number of aryl methyl sites for hydroxylation is 1. The molecule has 0 spiro atoms. The minimum Gasteiger partial charge on any atom is -0.380 e. The van der Waals surface area contributed by atoms with Gasteiger partial charge in [-0.05, 0) is 30.2 Å². The molecule has 0 fully saturated rings. The van der Waals surface area contributed by atoms with Crippen molar-refractivity contribution >= 4 is 11.6 Å². The van der Waals surface area contributed by atoms with Crippen LogP contribution in [0.25, 0.3) is 0 Å². The lowest BCUT2D eigenvalue weighted by Crippen LogP contribution is -2.08. The lowest BCUT2D eigenvalue weighted by molar-refractivity contribution is 0.205. The van der Waals surface area contributed by atoms with Crippen LogP contribution in [0.4, 0.5) is 4.39 Å². The predicted molar refractivity (Wildman–Crippen MR) is 63.4 cm³/mol. The Hall–Kier alpha value is -1.39. The maximum Gasteiger partial charge on any atom is 0.143 e. The fourth-order valence-electron chi connectivity index (χ4n) is 1.73. The molecule has 0 aliphatic rings. The van der Waals surface area contributed by atoms with Crippen LogP contribution in [0.15, 0.2) is 24.4 Å². The molecule has 0 aliphatic carbocycles. The van der Waals surface area contributed by atoms with Crippen molar-refractivity contribution in [2.75, 3.05) is 0 Å². The summed E-state index contributed by atoms with van der Waals surface area (Å²) in [5.41, 5.74) is 1.22. The largest absolute Gasteiger partial charge is 0.380 e. The second kappa shape index (κ2) is 4.47. The average Bonchev–Trinajstić information content (AvgIpc) is 2.57. The molecule has 1 unspecified atom stereocenters.